The lowest BCUT2D eigenvalue weighted by Gasteiger charge is -2.33. The van der Waals surface area contributed by atoms with Crippen LogP contribution in [0.15, 0.2) is 18.7 Å². The van der Waals surface area contributed by atoms with Crippen molar-refractivity contribution in [1.29, 1.82) is 0 Å². The quantitative estimate of drug-likeness (QED) is 0.785. The van der Waals surface area contributed by atoms with Crippen molar-refractivity contribution >= 4 is 0 Å². The summed E-state index contributed by atoms with van der Waals surface area (Å²) in [7, 11) is 0. The van der Waals surface area contributed by atoms with E-state index in [1.165, 1.54) is 19.5 Å². The highest BCUT2D eigenvalue weighted by Crippen LogP contribution is 2.03. The molecule has 2 heterocycles. The van der Waals surface area contributed by atoms with Crippen LogP contribution >= 0.6 is 0 Å². The number of nitrogens with zero attached hydrogens (tertiary/aromatic N) is 3. The van der Waals surface area contributed by atoms with Gasteiger partial charge in [-0.3, -0.25) is 4.90 Å². The minimum absolute atomic E-state index is 0.682. The molecular weight excluding hydrogens is 188 g/mol. The number of aryl methyl sites for hydroxylation is 1. The second kappa shape index (κ2) is 5.28. The predicted octanol–water partition coefficient (Wildman–Crippen LogP) is 0.567. The maximum Gasteiger partial charge on any atom is 0.0945 e. The number of aromatic nitrogens is 2. The average Bonchev–Trinajstić information content (AvgIpc) is 2.74. The first-order valence-electron chi connectivity index (χ1n) is 5.77. The molecule has 0 saturated carbocycles. The molecule has 0 radical (unpaired) electrons. The molecule has 0 aromatic carbocycles. The average molecular weight is 208 g/mol. The third-order valence-corrected chi connectivity index (χ3v) is 3.06. The van der Waals surface area contributed by atoms with Gasteiger partial charge in [0.15, 0.2) is 0 Å². The molecule has 4 heteroatoms. The van der Waals surface area contributed by atoms with Gasteiger partial charge in [-0.1, -0.05) is 0 Å². The predicted molar refractivity (Wildman–Crippen MR) is 60.7 cm³/mol. The minimum atomic E-state index is 0.682. The molecule has 0 amide bonds. The fraction of sp³-hybridized carbons (Fsp3) is 0.727. The highest BCUT2D eigenvalue weighted by molar-refractivity contribution is 4.77. The van der Waals surface area contributed by atoms with Gasteiger partial charge in [-0.2, -0.15) is 0 Å². The van der Waals surface area contributed by atoms with Crippen molar-refractivity contribution in [3.63, 3.8) is 0 Å². The van der Waals surface area contributed by atoms with E-state index in [1.54, 1.807) is 0 Å². The fourth-order valence-electron chi connectivity index (χ4n) is 2.09. The molecule has 0 spiro atoms. The van der Waals surface area contributed by atoms with Gasteiger partial charge in [0.2, 0.25) is 0 Å². The topological polar surface area (TPSA) is 33.1 Å². The van der Waals surface area contributed by atoms with Gasteiger partial charge in [0.25, 0.3) is 0 Å². The van der Waals surface area contributed by atoms with E-state index >= 15 is 0 Å². The molecule has 1 unspecified atom stereocenters. The Morgan fingerprint density at radius 3 is 3.13 bits per heavy atom. The van der Waals surface area contributed by atoms with Gasteiger partial charge in [0.05, 0.1) is 6.33 Å². The lowest BCUT2D eigenvalue weighted by molar-refractivity contribution is 0.169. The summed E-state index contributed by atoms with van der Waals surface area (Å²) in [6.07, 6.45) is 6.97. The van der Waals surface area contributed by atoms with E-state index < -0.39 is 0 Å². The molecule has 4 nitrogen and oxygen atoms in total. The summed E-state index contributed by atoms with van der Waals surface area (Å²) in [5, 5.41) is 3.41. The van der Waals surface area contributed by atoms with Crippen molar-refractivity contribution < 1.29 is 0 Å². The Morgan fingerprint density at radius 2 is 2.40 bits per heavy atom. The number of imidazole rings is 1. The summed E-state index contributed by atoms with van der Waals surface area (Å²) >= 11 is 0. The Labute approximate surface area is 91.3 Å². The molecule has 1 atom stereocenters. The van der Waals surface area contributed by atoms with Crippen molar-refractivity contribution in [1.82, 2.24) is 19.8 Å². The van der Waals surface area contributed by atoms with Crippen LogP contribution in [0.3, 0.4) is 0 Å². The summed E-state index contributed by atoms with van der Waals surface area (Å²) in [6, 6.07) is 0.682. The number of hydrogen-bond acceptors (Lipinski definition) is 3. The molecule has 1 aromatic heterocycles. The van der Waals surface area contributed by atoms with E-state index in [4.69, 9.17) is 0 Å². The summed E-state index contributed by atoms with van der Waals surface area (Å²) in [6.45, 7) is 8.02. The Hall–Kier alpha value is -0.870. The fourth-order valence-corrected chi connectivity index (χ4v) is 2.09. The SMILES string of the molecule is CC1CNCCN1CCCn1ccnc1. The molecule has 0 bridgehead atoms. The minimum Gasteiger partial charge on any atom is -0.337 e. The van der Waals surface area contributed by atoms with Crippen LogP contribution in [0.1, 0.15) is 13.3 Å². The van der Waals surface area contributed by atoms with E-state index in [-0.39, 0.29) is 0 Å². The largest absolute Gasteiger partial charge is 0.337 e. The Balaban J connectivity index is 1.68. The van der Waals surface area contributed by atoms with Gasteiger partial charge in [0, 0.05) is 51.2 Å². The zero-order valence-corrected chi connectivity index (χ0v) is 9.39. The third kappa shape index (κ3) is 3.04. The second-order valence-corrected chi connectivity index (χ2v) is 4.24. The monoisotopic (exact) mass is 208 g/mol. The zero-order chi connectivity index (χ0) is 10.5. The van der Waals surface area contributed by atoms with Gasteiger partial charge in [0.1, 0.15) is 0 Å². The van der Waals surface area contributed by atoms with Crippen molar-refractivity contribution in [2.45, 2.75) is 25.9 Å². The molecular formula is C11H20N4. The van der Waals surface area contributed by atoms with Crippen LogP contribution in [0, 0.1) is 0 Å². The molecule has 84 valence electrons. The standard InChI is InChI=1S/C11H20N4/c1-11-9-12-4-8-15(11)6-2-5-14-7-3-13-10-14/h3,7,10-12H,2,4-6,8-9H2,1H3. The molecule has 15 heavy (non-hydrogen) atoms. The molecule has 0 aliphatic carbocycles. The molecule has 1 N–H and O–H groups in total. The van der Waals surface area contributed by atoms with Crippen LogP contribution in [0.2, 0.25) is 0 Å². The highest BCUT2D eigenvalue weighted by Gasteiger charge is 2.16. The van der Waals surface area contributed by atoms with E-state index in [0.717, 1.165) is 19.6 Å². The zero-order valence-electron chi connectivity index (χ0n) is 9.39. The Morgan fingerprint density at radius 1 is 1.47 bits per heavy atom. The van der Waals surface area contributed by atoms with E-state index in [9.17, 15) is 0 Å². The van der Waals surface area contributed by atoms with Crippen molar-refractivity contribution in [3.8, 4) is 0 Å². The normalized spacial score (nSPS) is 23.1. The van der Waals surface area contributed by atoms with Crippen molar-refractivity contribution in [2.75, 3.05) is 26.2 Å². The van der Waals surface area contributed by atoms with Gasteiger partial charge < -0.3 is 9.88 Å². The molecule has 1 aliphatic rings. The molecule has 1 fully saturated rings. The molecule has 1 saturated heterocycles. The highest BCUT2D eigenvalue weighted by atomic mass is 15.2. The van der Waals surface area contributed by atoms with Crippen molar-refractivity contribution in [2.24, 2.45) is 0 Å². The third-order valence-electron chi connectivity index (χ3n) is 3.06. The van der Waals surface area contributed by atoms with Gasteiger partial charge in [-0.25, -0.2) is 4.98 Å². The van der Waals surface area contributed by atoms with Crippen LogP contribution in [-0.2, 0) is 6.54 Å². The van der Waals surface area contributed by atoms with E-state index in [2.05, 4.69) is 26.7 Å². The van der Waals surface area contributed by atoms with Crippen LogP contribution < -0.4 is 5.32 Å². The van der Waals surface area contributed by atoms with Crippen LogP contribution in [0.5, 0.6) is 0 Å². The van der Waals surface area contributed by atoms with Crippen LogP contribution in [0.25, 0.3) is 0 Å². The molecule has 1 aromatic rings. The molecule has 2 rings (SSSR count). The first-order chi connectivity index (χ1) is 7.36. The smallest absolute Gasteiger partial charge is 0.0945 e. The first-order valence-corrected chi connectivity index (χ1v) is 5.77. The number of rotatable bonds is 4. The molecule has 1 aliphatic heterocycles. The van der Waals surface area contributed by atoms with Crippen molar-refractivity contribution in [3.05, 3.63) is 18.7 Å². The number of hydrogen-bond donors (Lipinski definition) is 1. The second-order valence-electron chi connectivity index (χ2n) is 4.24. The number of piperazine rings is 1. The summed E-state index contributed by atoms with van der Waals surface area (Å²) in [5.74, 6) is 0. The van der Waals surface area contributed by atoms with Crippen LogP contribution in [-0.4, -0.2) is 46.7 Å². The summed E-state index contributed by atoms with van der Waals surface area (Å²) < 4.78 is 2.15. The van der Waals surface area contributed by atoms with E-state index in [0.29, 0.717) is 6.04 Å². The maximum absolute atomic E-state index is 4.04. The summed E-state index contributed by atoms with van der Waals surface area (Å²) in [5.41, 5.74) is 0. The lowest BCUT2D eigenvalue weighted by atomic mass is 10.2. The maximum atomic E-state index is 4.04. The summed E-state index contributed by atoms with van der Waals surface area (Å²) in [4.78, 5) is 6.60. The Kier molecular flexibility index (Phi) is 3.75. The van der Waals surface area contributed by atoms with E-state index in [1.807, 2.05) is 18.7 Å². The number of nitrogens with one attached hydrogen (secondary N) is 1. The Bertz CT molecular complexity index is 270. The van der Waals surface area contributed by atoms with Gasteiger partial charge >= 0.3 is 0 Å². The first kappa shape index (κ1) is 10.6. The van der Waals surface area contributed by atoms with Gasteiger partial charge in [-0.15, -0.1) is 0 Å². The lowest BCUT2D eigenvalue weighted by Crippen LogP contribution is -2.50. The van der Waals surface area contributed by atoms with Crippen LogP contribution in [0.4, 0.5) is 0 Å². The van der Waals surface area contributed by atoms with Gasteiger partial charge in [-0.05, 0) is 13.3 Å².